The first-order chi connectivity index (χ1) is 14.7. The summed E-state index contributed by atoms with van der Waals surface area (Å²) in [6, 6.07) is 6.55. The highest BCUT2D eigenvalue weighted by molar-refractivity contribution is 5.25. The molecule has 2 aliphatic heterocycles. The summed E-state index contributed by atoms with van der Waals surface area (Å²) in [5.41, 5.74) is 0.894. The molecular weight excluding hydrogens is 416 g/mol. The van der Waals surface area contributed by atoms with E-state index in [1.165, 1.54) is 0 Å². The van der Waals surface area contributed by atoms with Gasteiger partial charge in [0.25, 0.3) is 0 Å². The molecule has 2 saturated heterocycles. The van der Waals surface area contributed by atoms with E-state index >= 15 is 0 Å². The van der Waals surface area contributed by atoms with Crippen molar-refractivity contribution in [2.24, 2.45) is 0 Å². The van der Waals surface area contributed by atoms with Crippen LogP contribution in [0.15, 0.2) is 24.3 Å². The molecule has 0 unspecified atom stereocenters. The topological polar surface area (TPSA) is 179 Å². The van der Waals surface area contributed by atoms with Gasteiger partial charge < -0.3 is 54.7 Å². The molecule has 7 N–H and O–H groups in total. The van der Waals surface area contributed by atoms with Gasteiger partial charge in [-0.05, 0) is 31.0 Å². The average molecular weight is 446 g/mol. The van der Waals surface area contributed by atoms with Crippen molar-refractivity contribution in [2.45, 2.75) is 74.8 Å². The van der Waals surface area contributed by atoms with E-state index in [1.807, 2.05) is 0 Å². The largest absolute Gasteiger partial charge is 0.508 e. The van der Waals surface area contributed by atoms with Crippen molar-refractivity contribution in [3.05, 3.63) is 29.8 Å². The first-order valence-electron chi connectivity index (χ1n) is 10.1. The lowest BCUT2D eigenvalue weighted by Gasteiger charge is -2.45. The molecule has 2 aliphatic rings. The molecule has 0 bridgehead atoms. The van der Waals surface area contributed by atoms with Crippen LogP contribution in [0.3, 0.4) is 0 Å². The summed E-state index contributed by atoms with van der Waals surface area (Å²) in [6.07, 6.45) is -13.1. The van der Waals surface area contributed by atoms with Crippen LogP contribution >= 0.6 is 0 Å². The van der Waals surface area contributed by atoms with Crippen molar-refractivity contribution in [3.63, 3.8) is 0 Å². The molecule has 0 radical (unpaired) electrons. The number of aliphatic hydroxyl groups is 6. The normalized spacial score (nSPS) is 41.3. The molecule has 11 heteroatoms. The van der Waals surface area contributed by atoms with Gasteiger partial charge in [-0.1, -0.05) is 12.1 Å². The maximum atomic E-state index is 10.6. The highest BCUT2D eigenvalue weighted by atomic mass is 16.7. The number of phenolic OH excluding ortho intramolecular Hbond substituents is 1. The summed E-state index contributed by atoms with van der Waals surface area (Å²) in [5, 5.41) is 69.6. The fourth-order valence-electron chi connectivity index (χ4n) is 3.59. The lowest BCUT2D eigenvalue weighted by atomic mass is 9.97. The molecule has 0 spiro atoms. The van der Waals surface area contributed by atoms with Gasteiger partial charge in [0, 0.05) is 0 Å². The highest BCUT2D eigenvalue weighted by Crippen LogP contribution is 2.29. The lowest BCUT2D eigenvalue weighted by Crippen LogP contribution is -2.64. The Hall–Kier alpha value is -1.38. The second-order valence-corrected chi connectivity index (χ2v) is 7.78. The molecule has 2 heterocycles. The molecule has 2 fully saturated rings. The molecule has 176 valence electrons. The third-order valence-corrected chi connectivity index (χ3v) is 5.53. The monoisotopic (exact) mass is 446 g/mol. The summed E-state index contributed by atoms with van der Waals surface area (Å²) >= 11 is 0. The minimum atomic E-state index is -1.68. The minimum absolute atomic E-state index is 0.145. The molecule has 0 saturated carbocycles. The number of aromatic hydroxyl groups is 1. The SMILES string of the molecule is C[C@H]1O[C@@H](OCCc2ccc(O)cc2)[C@H](O)[C@H](O[C@H]2O[C@H](CO)[C@@H](O)[C@H](O)[C@H]2O)[C@H]1O. The van der Waals surface area contributed by atoms with Crippen molar-refractivity contribution in [1.82, 2.24) is 0 Å². The summed E-state index contributed by atoms with van der Waals surface area (Å²) in [7, 11) is 0. The molecule has 1 aromatic rings. The first-order valence-corrected chi connectivity index (χ1v) is 10.1. The maximum Gasteiger partial charge on any atom is 0.187 e. The van der Waals surface area contributed by atoms with Crippen LogP contribution in [0.4, 0.5) is 0 Å². The third-order valence-electron chi connectivity index (χ3n) is 5.53. The van der Waals surface area contributed by atoms with Gasteiger partial charge in [0.15, 0.2) is 12.6 Å². The average Bonchev–Trinajstić information content (AvgIpc) is 2.76. The molecule has 11 nitrogen and oxygen atoms in total. The van der Waals surface area contributed by atoms with Crippen LogP contribution in [0.2, 0.25) is 0 Å². The Morgan fingerprint density at radius 3 is 2.16 bits per heavy atom. The van der Waals surface area contributed by atoms with Gasteiger partial charge in [-0.3, -0.25) is 0 Å². The van der Waals surface area contributed by atoms with Crippen molar-refractivity contribution in [2.75, 3.05) is 13.2 Å². The molecular formula is C20H30O11. The van der Waals surface area contributed by atoms with Crippen molar-refractivity contribution >= 4 is 0 Å². The van der Waals surface area contributed by atoms with Gasteiger partial charge in [0.2, 0.25) is 0 Å². The van der Waals surface area contributed by atoms with E-state index in [-0.39, 0.29) is 12.4 Å². The van der Waals surface area contributed by atoms with Crippen LogP contribution in [-0.4, -0.2) is 110 Å². The van der Waals surface area contributed by atoms with E-state index in [0.717, 1.165) is 5.56 Å². The standard InChI is InChI=1S/C20H30O11/c1-9-13(23)18(31-20-16(26)15(25)14(24)12(8-21)30-20)17(27)19(29-9)28-7-6-10-2-4-11(22)5-3-10/h2-5,9,12-27H,6-8H2,1H3/t9-,12-,13+,14-,15+,16-,17-,18-,19-,20-/m1/s1. The summed E-state index contributed by atoms with van der Waals surface area (Å²) < 4.78 is 22.0. The van der Waals surface area contributed by atoms with Crippen LogP contribution < -0.4 is 0 Å². The van der Waals surface area contributed by atoms with Gasteiger partial charge in [0.05, 0.1) is 19.3 Å². The number of ether oxygens (including phenoxy) is 4. The van der Waals surface area contributed by atoms with E-state index < -0.39 is 68.0 Å². The van der Waals surface area contributed by atoms with Gasteiger partial charge in [-0.15, -0.1) is 0 Å². The van der Waals surface area contributed by atoms with Crippen molar-refractivity contribution in [1.29, 1.82) is 0 Å². The van der Waals surface area contributed by atoms with Gasteiger partial charge >= 0.3 is 0 Å². The Bertz CT molecular complexity index is 684. The van der Waals surface area contributed by atoms with Gasteiger partial charge in [-0.2, -0.15) is 0 Å². The zero-order valence-corrected chi connectivity index (χ0v) is 17.0. The molecule has 31 heavy (non-hydrogen) atoms. The Balaban J connectivity index is 1.62. The van der Waals surface area contributed by atoms with E-state index in [2.05, 4.69) is 0 Å². The van der Waals surface area contributed by atoms with Crippen LogP contribution in [0.25, 0.3) is 0 Å². The number of phenols is 1. The van der Waals surface area contributed by atoms with E-state index in [0.29, 0.717) is 6.42 Å². The van der Waals surface area contributed by atoms with Crippen molar-refractivity contribution < 1.29 is 54.7 Å². The fourth-order valence-corrected chi connectivity index (χ4v) is 3.59. The second kappa shape index (κ2) is 10.5. The van der Waals surface area contributed by atoms with Crippen LogP contribution in [0.5, 0.6) is 5.75 Å². The Kier molecular flexibility index (Phi) is 8.21. The molecule has 0 aromatic heterocycles. The Morgan fingerprint density at radius 2 is 1.52 bits per heavy atom. The molecule has 1 aromatic carbocycles. The zero-order valence-electron chi connectivity index (χ0n) is 17.0. The Labute approximate surface area is 179 Å². The fraction of sp³-hybridized carbons (Fsp3) is 0.700. The second-order valence-electron chi connectivity index (χ2n) is 7.78. The van der Waals surface area contributed by atoms with E-state index in [4.69, 9.17) is 18.9 Å². The number of rotatable bonds is 7. The first kappa shape index (κ1) is 24.3. The smallest absolute Gasteiger partial charge is 0.187 e. The van der Waals surface area contributed by atoms with E-state index in [9.17, 15) is 35.7 Å². The van der Waals surface area contributed by atoms with Crippen LogP contribution in [-0.2, 0) is 25.4 Å². The lowest BCUT2D eigenvalue weighted by molar-refractivity contribution is -0.357. The maximum absolute atomic E-state index is 10.6. The van der Waals surface area contributed by atoms with Crippen LogP contribution in [0.1, 0.15) is 12.5 Å². The number of hydrogen-bond donors (Lipinski definition) is 7. The molecule has 10 atom stereocenters. The van der Waals surface area contributed by atoms with Gasteiger partial charge in [-0.25, -0.2) is 0 Å². The quantitative estimate of drug-likeness (QED) is 0.237. The summed E-state index contributed by atoms with van der Waals surface area (Å²) in [6.45, 7) is 1.09. The molecule has 3 rings (SSSR count). The number of aliphatic hydroxyl groups excluding tert-OH is 6. The molecule has 0 aliphatic carbocycles. The van der Waals surface area contributed by atoms with Crippen LogP contribution in [0, 0.1) is 0 Å². The highest BCUT2D eigenvalue weighted by Gasteiger charge is 2.50. The minimum Gasteiger partial charge on any atom is -0.508 e. The third kappa shape index (κ3) is 5.52. The predicted molar refractivity (Wildman–Crippen MR) is 103 cm³/mol. The number of benzene rings is 1. The predicted octanol–water partition coefficient (Wildman–Crippen LogP) is -2.40. The summed E-state index contributed by atoms with van der Waals surface area (Å²) in [5.74, 6) is 0.145. The number of hydrogen-bond acceptors (Lipinski definition) is 11. The van der Waals surface area contributed by atoms with Crippen molar-refractivity contribution in [3.8, 4) is 5.75 Å². The molecule has 0 amide bonds. The van der Waals surface area contributed by atoms with E-state index in [1.54, 1.807) is 31.2 Å². The summed E-state index contributed by atoms with van der Waals surface area (Å²) in [4.78, 5) is 0. The Morgan fingerprint density at radius 1 is 0.839 bits per heavy atom. The zero-order chi connectivity index (χ0) is 22.7. The van der Waals surface area contributed by atoms with Gasteiger partial charge in [0.1, 0.15) is 48.5 Å².